The molecule has 120 valence electrons. The first-order valence-electron chi connectivity index (χ1n) is 8.50. The third-order valence-electron chi connectivity index (χ3n) is 5.43. The van der Waals surface area contributed by atoms with Gasteiger partial charge in [-0.15, -0.1) is 0 Å². The van der Waals surface area contributed by atoms with E-state index in [2.05, 4.69) is 105 Å². The van der Waals surface area contributed by atoms with Crippen LogP contribution in [0.15, 0.2) is 78.9 Å². The third-order valence-corrected chi connectivity index (χ3v) is 5.43. The van der Waals surface area contributed by atoms with Crippen molar-refractivity contribution < 1.29 is 0 Å². The minimum atomic E-state index is 0.283. The van der Waals surface area contributed by atoms with Gasteiger partial charge in [-0.05, 0) is 36.8 Å². The van der Waals surface area contributed by atoms with Crippen LogP contribution in [0.4, 0.5) is 22.7 Å². The molecule has 0 bridgehead atoms. The van der Waals surface area contributed by atoms with Gasteiger partial charge in [0.1, 0.15) is 11.4 Å². The average molecular weight is 315 g/mol. The molecule has 0 spiro atoms. The van der Waals surface area contributed by atoms with Crippen molar-refractivity contribution in [1.82, 2.24) is 4.48 Å². The topological polar surface area (TPSA) is 3.24 Å². The fourth-order valence-electron chi connectivity index (χ4n) is 3.95. The van der Waals surface area contributed by atoms with E-state index in [9.17, 15) is 0 Å². The maximum atomic E-state index is 2.48. The summed E-state index contributed by atoms with van der Waals surface area (Å²) in [5.74, 6) is 0. The number of benzene rings is 3. The lowest BCUT2D eigenvalue weighted by atomic mass is 10.1. The minimum Gasteiger partial charge on any atom is -0.285 e. The van der Waals surface area contributed by atoms with Gasteiger partial charge in [0.25, 0.3) is 0 Å². The number of fused-ring (bicyclic) bond motifs is 1. The Hall–Kier alpha value is -2.58. The quantitative estimate of drug-likeness (QED) is 0.543. The molecule has 24 heavy (non-hydrogen) atoms. The van der Waals surface area contributed by atoms with Crippen LogP contribution in [0.3, 0.4) is 0 Å². The van der Waals surface area contributed by atoms with E-state index in [0.29, 0.717) is 0 Å². The molecule has 2 nitrogen and oxygen atoms in total. The van der Waals surface area contributed by atoms with Crippen LogP contribution in [0.1, 0.15) is 12.5 Å². The highest BCUT2D eigenvalue weighted by Gasteiger charge is 2.48. The van der Waals surface area contributed by atoms with Gasteiger partial charge in [-0.3, -0.25) is 4.90 Å². The maximum Gasteiger partial charge on any atom is 0.175 e. The summed E-state index contributed by atoms with van der Waals surface area (Å²) in [6.07, 6.45) is 0.283. The molecule has 3 aromatic carbocycles. The Balaban J connectivity index is 1.96. The van der Waals surface area contributed by atoms with Crippen LogP contribution in [0.2, 0.25) is 0 Å². The highest BCUT2D eigenvalue weighted by molar-refractivity contribution is 5.85. The number of hydrogen-bond acceptors (Lipinski definition) is 1. The van der Waals surface area contributed by atoms with E-state index < -0.39 is 0 Å². The molecule has 0 saturated carbocycles. The fourth-order valence-corrected chi connectivity index (χ4v) is 3.95. The van der Waals surface area contributed by atoms with Crippen molar-refractivity contribution in [2.24, 2.45) is 0 Å². The van der Waals surface area contributed by atoms with Crippen LogP contribution < -0.4 is 9.38 Å². The van der Waals surface area contributed by atoms with Gasteiger partial charge < -0.3 is 0 Å². The molecular formula is C22H23N2+. The largest absolute Gasteiger partial charge is 0.285 e. The normalized spacial score (nSPS) is 22.5. The molecule has 2 atom stereocenters. The fraction of sp³-hybridized carbons (Fsp3) is 0.182. The second kappa shape index (κ2) is 5.50. The van der Waals surface area contributed by atoms with Crippen molar-refractivity contribution in [3.8, 4) is 0 Å². The molecule has 0 N–H and O–H groups in total. The van der Waals surface area contributed by atoms with Gasteiger partial charge in [-0.2, -0.15) is 0 Å². The van der Waals surface area contributed by atoms with Gasteiger partial charge >= 0.3 is 0 Å². The van der Waals surface area contributed by atoms with E-state index in [1.165, 1.54) is 28.3 Å². The number of nitrogens with zero attached hydrogens (tertiary/aromatic N) is 2. The molecule has 0 fully saturated rings. The summed E-state index contributed by atoms with van der Waals surface area (Å²) < 4.78 is 0.783. The van der Waals surface area contributed by atoms with Gasteiger partial charge in [0.2, 0.25) is 0 Å². The molecule has 1 unspecified atom stereocenters. The van der Waals surface area contributed by atoms with Crippen LogP contribution in [0.5, 0.6) is 0 Å². The molecule has 2 heteroatoms. The SMILES string of the molecule is Cc1ccccc1N1c2ccccc2[N+](C)(c2ccccc2)[C@H]1C. The van der Waals surface area contributed by atoms with Crippen molar-refractivity contribution >= 4 is 22.7 Å². The predicted molar refractivity (Wildman–Crippen MR) is 103 cm³/mol. The Morgan fingerprint density at radius 2 is 1.33 bits per heavy atom. The van der Waals surface area contributed by atoms with Gasteiger partial charge in [0.15, 0.2) is 11.9 Å². The summed E-state index contributed by atoms with van der Waals surface area (Å²) in [6, 6.07) is 28.2. The summed E-state index contributed by atoms with van der Waals surface area (Å²) in [7, 11) is 2.32. The molecule has 0 aliphatic carbocycles. The first-order valence-corrected chi connectivity index (χ1v) is 8.50. The van der Waals surface area contributed by atoms with Crippen molar-refractivity contribution in [2.45, 2.75) is 20.0 Å². The standard InChI is InChI=1S/C22H23N2/c1-17-11-7-8-14-20(17)23-18(2)24(3,19-12-5-4-6-13-19)22-16-10-9-15-21(22)23/h4-16,18H,1-3H3/q+1/t18-,24?/m0/s1. The van der Waals surface area contributed by atoms with Crippen LogP contribution in [-0.4, -0.2) is 13.2 Å². The molecule has 0 radical (unpaired) electrons. The lowest BCUT2D eigenvalue weighted by molar-refractivity contribution is 0.388. The van der Waals surface area contributed by atoms with Crippen LogP contribution >= 0.6 is 0 Å². The summed E-state index contributed by atoms with van der Waals surface area (Å²) in [6.45, 7) is 4.51. The van der Waals surface area contributed by atoms with Gasteiger partial charge in [0, 0.05) is 18.7 Å². The summed E-state index contributed by atoms with van der Waals surface area (Å²) in [5.41, 5.74) is 6.55. The summed E-state index contributed by atoms with van der Waals surface area (Å²) in [5, 5.41) is 0. The molecule has 4 rings (SSSR count). The molecule has 1 heterocycles. The number of hydrogen-bond donors (Lipinski definition) is 0. The summed E-state index contributed by atoms with van der Waals surface area (Å²) in [4.78, 5) is 2.48. The zero-order valence-corrected chi connectivity index (χ0v) is 14.5. The van der Waals surface area contributed by atoms with Crippen LogP contribution in [0.25, 0.3) is 0 Å². The van der Waals surface area contributed by atoms with E-state index in [0.717, 1.165) is 4.48 Å². The Kier molecular flexibility index (Phi) is 3.43. The third kappa shape index (κ3) is 2.00. The Morgan fingerprint density at radius 3 is 2.04 bits per heavy atom. The first kappa shape index (κ1) is 15.0. The van der Waals surface area contributed by atoms with Crippen molar-refractivity contribution in [1.29, 1.82) is 0 Å². The van der Waals surface area contributed by atoms with Crippen molar-refractivity contribution in [3.05, 3.63) is 84.4 Å². The summed E-state index contributed by atoms with van der Waals surface area (Å²) >= 11 is 0. The van der Waals surface area contributed by atoms with E-state index in [1.54, 1.807) is 0 Å². The van der Waals surface area contributed by atoms with Gasteiger partial charge in [-0.1, -0.05) is 48.5 Å². The highest BCUT2D eigenvalue weighted by atomic mass is 15.5. The molecule has 0 aromatic heterocycles. The Bertz CT molecular complexity index is 872. The number of anilines is 2. The monoisotopic (exact) mass is 315 g/mol. The first-order chi connectivity index (χ1) is 11.6. The van der Waals surface area contributed by atoms with Gasteiger partial charge in [0.05, 0.1) is 7.05 Å². The van der Waals surface area contributed by atoms with E-state index >= 15 is 0 Å². The Labute approximate surface area is 144 Å². The number of aryl methyl sites for hydroxylation is 1. The van der Waals surface area contributed by atoms with Crippen LogP contribution in [-0.2, 0) is 0 Å². The molecular weight excluding hydrogens is 292 g/mol. The zero-order chi connectivity index (χ0) is 16.7. The lowest BCUT2D eigenvalue weighted by Crippen LogP contribution is -2.50. The smallest absolute Gasteiger partial charge is 0.175 e. The number of quaternary nitrogens is 1. The van der Waals surface area contributed by atoms with Gasteiger partial charge in [-0.25, -0.2) is 4.48 Å². The number of para-hydroxylation sites is 4. The Morgan fingerprint density at radius 1 is 0.750 bits per heavy atom. The minimum absolute atomic E-state index is 0.283. The molecule has 1 aliphatic rings. The second-order valence-electron chi connectivity index (χ2n) is 6.69. The molecule has 3 aromatic rings. The lowest BCUT2D eigenvalue weighted by Gasteiger charge is -2.36. The number of rotatable bonds is 2. The molecule has 0 amide bonds. The van der Waals surface area contributed by atoms with E-state index in [1.807, 2.05) is 0 Å². The highest BCUT2D eigenvalue weighted by Crippen LogP contribution is 2.52. The maximum absolute atomic E-state index is 2.48. The van der Waals surface area contributed by atoms with E-state index in [4.69, 9.17) is 0 Å². The predicted octanol–water partition coefficient (Wildman–Crippen LogP) is 5.76. The average Bonchev–Trinajstić information content (AvgIpc) is 2.86. The molecule has 1 aliphatic heterocycles. The van der Waals surface area contributed by atoms with E-state index in [-0.39, 0.29) is 6.17 Å². The van der Waals surface area contributed by atoms with Crippen molar-refractivity contribution in [2.75, 3.05) is 11.9 Å². The zero-order valence-electron chi connectivity index (χ0n) is 14.5. The van der Waals surface area contributed by atoms with Crippen LogP contribution in [0, 0.1) is 6.92 Å². The van der Waals surface area contributed by atoms with Crippen molar-refractivity contribution in [3.63, 3.8) is 0 Å². The second-order valence-corrected chi connectivity index (χ2v) is 6.69. The molecule has 0 saturated heterocycles.